The van der Waals surface area contributed by atoms with E-state index in [-0.39, 0.29) is 0 Å². The molecule has 1 aromatic carbocycles. The lowest BCUT2D eigenvalue weighted by atomic mass is 10.0. The number of nitrogen functional groups attached to an aromatic ring is 1. The molecule has 0 aliphatic carbocycles. The molecule has 0 amide bonds. The summed E-state index contributed by atoms with van der Waals surface area (Å²) in [5.74, 6) is 0. The lowest BCUT2D eigenvalue weighted by Crippen LogP contribution is -2.24. The first-order chi connectivity index (χ1) is 6.02. The fourth-order valence-corrected chi connectivity index (χ4v) is 1.61. The van der Waals surface area contributed by atoms with E-state index < -0.39 is 12.1 Å². The van der Waals surface area contributed by atoms with Gasteiger partial charge in [0, 0.05) is 9.26 Å². The smallest absolute Gasteiger partial charge is 0.0705 e. The molecule has 0 saturated heterocycles. The summed E-state index contributed by atoms with van der Waals surface area (Å²) in [6, 6.07) is 5.20. The van der Waals surface area contributed by atoms with Gasteiger partial charge in [0.2, 0.25) is 0 Å². The third kappa shape index (κ3) is 2.55. The van der Waals surface area contributed by atoms with Crippen LogP contribution in [0.3, 0.4) is 0 Å². The van der Waals surface area contributed by atoms with E-state index in [9.17, 15) is 5.11 Å². The highest BCUT2D eigenvalue weighted by Crippen LogP contribution is 2.23. The van der Waals surface area contributed by atoms with Crippen molar-refractivity contribution in [3.63, 3.8) is 0 Å². The third-order valence-electron chi connectivity index (χ3n) is 1.93. The fourth-order valence-electron chi connectivity index (χ4n) is 1.09. The molecular weight excluding hydrogens is 279 g/mol. The number of anilines is 1. The second kappa shape index (κ2) is 4.26. The molecule has 4 heteroatoms. The van der Waals surface area contributed by atoms with Crippen molar-refractivity contribution < 1.29 is 5.11 Å². The second-order valence-corrected chi connectivity index (χ2v) is 4.29. The number of rotatable bonds is 2. The molecule has 5 N–H and O–H groups in total. The van der Waals surface area contributed by atoms with Crippen LogP contribution in [0.15, 0.2) is 18.2 Å². The van der Waals surface area contributed by atoms with Gasteiger partial charge in [0.05, 0.1) is 12.1 Å². The quantitative estimate of drug-likeness (QED) is 0.567. The molecule has 0 saturated carbocycles. The van der Waals surface area contributed by atoms with Crippen LogP contribution in [0, 0.1) is 3.57 Å². The molecule has 1 rings (SSSR count). The van der Waals surface area contributed by atoms with Gasteiger partial charge >= 0.3 is 0 Å². The summed E-state index contributed by atoms with van der Waals surface area (Å²) < 4.78 is 1.07. The van der Waals surface area contributed by atoms with Crippen molar-refractivity contribution in [3.05, 3.63) is 27.3 Å². The number of aliphatic hydroxyl groups is 1. The first-order valence-electron chi connectivity index (χ1n) is 4.01. The van der Waals surface area contributed by atoms with Crippen LogP contribution in [0.5, 0.6) is 0 Å². The fraction of sp³-hybridized carbons (Fsp3) is 0.333. The van der Waals surface area contributed by atoms with Crippen LogP contribution in [0.25, 0.3) is 0 Å². The highest BCUT2D eigenvalue weighted by atomic mass is 127. The van der Waals surface area contributed by atoms with E-state index in [1.807, 2.05) is 12.1 Å². The molecule has 72 valence electrons. The summed E-state index contributed by atoms with van der Waals surface area (Å²) >= 11 is 2.19. The van der Waals surface area contributed by atoms with Gasteiger partial charge in [-0.25, -0.2) is 0 Å². The predicted molar refractivity (Wildman–Crippen MR) is 62.2 cm³/mol. The van der Waals surface area contributed by atoms with Gasteiger partial charge in [-0.15, -0.1) is 0 Å². The van der Waals surface area contributed by atoms with Crippen LogP contribution >= 0.6 is 22.6 Å². The van der Waals surface area contributed by atoms with E-state index in [0.29, 0.717) is 5.69 Å². The Bertz CT molecular complexity index is 302. The number of aliphatic hydroxyl groups excluding tert-OH is 1. The maximum absolute atomic E-state index is 9.31. The minimum absolute atomic E-state index is 0.408. The van der Waals surface area contributed by atoms with Crippen LogP contribution < -0.4 is 11.5 Å². The summed E-state index contributed by atoms with van der Waals surface area (Å²) in [4.78, 5) is 0. The zero-order chi connectivity index (χ0) is 10.0. The molecule has 0 radical (unpaired) electrons. The first-order valence-corrected chi connectivity index (χ1v) is 5.09. The summed E-state index contributed by atoms with van der Waals surface area (Å²) in [6.45, 7) is 1.66. The largest absolute Gasteiger partial charge is 0.398 e. The lowest BCUT2D eigenvalue weighted by Gasteiger charge is -2.17. The average molecular weight is 292 g/mol. The second-order valence-electron chi connectivity index (χ2n) is 3.04. The maximum Gasteiger partial charge on any atom is 0.0705 e. The van der Waals surface area contributed by atoms with E-state index in [0.717, 1.165) is 9.13 Å². The summed E-state index contributed by atoms with van der Waals surface area (Å²) in [5, 5.41) is 9.31. The summed E-state index contributed by atoms with van der Waals surface area (Å²) in [6.07, 6.45) is -0.583. The van der Waals surface area contributed by atoms with E-state index >= 15 is 0 Å². The standard InChI is InChI=1S/C9H13IN2O/c1-5(13)9(12)7-4-6(10)2-3-8(7)11/h2-5,9,13H,11-12H2,1H3/t5-,9-/m1/s1. The van der Waals surface area contributed by atoms with Crippen LogP contribution in [0.4, 0.5) is 5.69 Å². The Kier molecular flexibility index (Phi) is 3.52. The van der Waals surface area contributed by atoms with Crippen molar-refractivity contribution >= 4 is 28.3 Å². The Hall–Kier alpha value is -0.330. The van der Waals surface area contributed by atoms with Crippen molar-refractivity contribution in [2.24, 2.45) is 5.73 Å². The average Bonchev–Trinajstić information content (AvgIpc) is 2.08. The van der Waals surface area contributed by atoms with E-state index in [4.69, 9.17) is 11.5 Å². The van der Waals surface area contributed by atoms with Crippen molar-refractivity contribution in [2.45, 2.75) is 19.1 Å². The van der Waals surface area contributed by atoms with Gasteiger partial charge in [0.1, 0.15) is 0 Å². The van der Waals surface area contributed by atoms with Gasteiger partial charge < -0.3 is 16.6 Å². The number of hydrogen-bond donors (Lipinski definition) is 3. The van der Waals surface area contributed by atoms with Crippen molar-refractivity contribution in [1.82, 2.24) is 0 Å². The Balaban J connectivity index is 3.05. The van der Waals surface area contributed by atoms with E-state index in [1.54, 1.807) is 13.0 Å². The Labute approximate surface area is 91.3 Å². The zero-order valence-corrected chi connectivity index (χ0v) is 9.52. The molecule has 13 heavy (non-hydrogen) atoms. The van der Waals surface area contributed by atoms with Crippen molar-refractivity contribution in [3.8, 4) is 0 Å². The molecule has 3 nitrogen and oxygen atoms in total. The predicted octanol–water partition coefficient (Wildman–Crippen LogP) is 1.25. The van der Waals surface area contributed by atoms with E-state index in [2.05, 4.69) is 22.6 Å². The zero-order valence-electron chi connectivity index (χ0n) is 7.37. The summed E-state index contributed by atoms with van der Waals surface area (Å²) in [7, 11) is 0. The van der Waals surface area contributed by atoms with Crippen LogP contribution in [-0.4, -0.2) is 11.2 Å². The monoisotopic (exact) mass is 292 g/mol. The molecule has 2 atom stereocenters. The molecule has 0 unspecified atom stereocenters. The Morgan fingerprint density at radius 1 is 1.46 bits per heavy atom. The third-order valence-corrected chi connectivity index (χ3v) is 2.60. The van der Waals surface area contributed by atoms with Crippen LogP contribution in [0.2, 0.25) is 0 Å². The van der Waals surface area contributed by atoms with Gasteiger partial charge in [0.15, 0.2) is 0 Å². The van der Waals surface area contributed by atoms with Gasteiger partial charge in [-0.05, 0) is 53.3 Å². The molecule has 0 spiro atoms. The molecule has 1 aromatic rings. The van der Waals surface area contributed by atoms with Gasteiger partial charge in [-0.2, -0.15) is 0 Å². The maximum atomic E-state index is 9.31. The number of hydrogen-bond acceptors (Lipinski definition) is 3. The number of halogens is 1. The highest BCUT2D eigenvalue weighted by molar-refractivity contribution is 14.1. The van der Waals surface area contributed by atoms with E-state index in [1.165, 1.54) is 0 Å². The Morgan fingerprint density at radius 3 is 2.62 bits per heavy atom. The molecule has 0 aliphatic rings. The van der Waals surface area contributed by atoms with Crippen LogP contribution in [0.1, 0.15) is 18.5 Å². The van der Waals surface area contributed by atoms with Gasteiger partial charge in [0.25, 0.3) is 0 Å². The molecule has 0 bridgehead atoms. The normalized spacial score (nSPS) is 15.4. The topological polar surface area (TPSA) is 72.3 Å². The van der Waals surface area contributed by atoms with Crippen LogP contribution in [-0.2, 0) is 0 Å². The van der Waals surface area contributed by atoms with Gasteiger partial charge in [-0.3, -0.25) is 0 Å². The lowest BCUT2D eigenvalue weighted by molar-refractivity contribution is 0.164. The number of benzene rings is 1. The molecule has 0 aliphatic heterocycles. The molecular formula is C9H13IN2O. The molecule has 0 fully saturated rings. The molecule has 0 heterocycles. The van der Waals surface area contributed by atoms with Crippen molar-refractivity contribution in [2.75, 3.05) is 5.73 Å². The SMILES string of the molecule is C[C@@H](O)[C@@H](N)c1cc(I)ccc1N. The van der Waals surface area contributed by atoms with Crippen molar-refractivity contribution in [1.29, 1.82) is 0 Å². The summed E-state index contributed by atoms with van der Waals surface area (Å²) in [5.41, 5.74) is 12.9. The Morgan fingerprint density at radius 2 is 2.08 bits per heavy atom. The first kappa shape index (κ1) is 10.7. The minimum atomic E-state index is -0.583. The van der Waals surface area contributed by atoms with Gasteiger partial charge in [-0.1, -0.05) is 0 Å². The molecule has 0 aromatic heterocycles. The highest BCUT2D eigenvalue weighted by Gasteiger charge is 2.14. The number of nitrogens with two attached hydrogens (primary N) is 2. The minimum Gasteiger partial charge on any atom is -0.398 e.